The van der Waals surface area contributed by atoms with Crippen LogP contribution in [0.5, 0.6) is 0 Å². The molecule has 148 valence electrons. The molecule has 0 aliphatic rings. The molecule has 2 rings (SSSR count). The van der Waals surface area contributed by atoms with Gasteiger partial charge in [0.2, 0.25) is 10.0 Å². The van der Waals surface area contributed by atoms with Crippen molar-refractivity contribution < 1.29 is 18.0 Å². The maximum absolute atomic E-state index is 12.4. The van der Waals surface area contributed by atoms with Gasteiger partial charge in [-0.25, -0.2) is 8.42 Å². The van der Waals surface area contributed by atoms with E-state index in [1.165, 1.54) is 37.4 Å². The summed E-state index contributed by atoms with van der Waals surface area (Å²) in [5.74, 6) is -1.25. The van der Waals surface area contributed by atoms with Gasteiger partial charge in [-0.2, -0.15) is 4.31 Å². The second kappa shape index (κ2) is 9.83. The van der Waals surface area contributed by atoms with Crippen LogP contribution in [0.2, 0.25) is 5.02 Å². The number of hydrazine groups is 1. The van der Waals surface area contributed by atoms with Crippen molar-refractivity contribution in [3.8, 4) is 0 Å². The van der Waals surface area contributed by atoms with E-state index in [1.807, 2.05) is 24.3 Å². The molecule has 0 atom stereocenters. The average molecular weight is 487 g/mol. The number of likely N-dealkylation sites (N-methyl/N-ethyl adjacent to an activating group) is 1. The number of hydrogen-bond acceptors (Lipinski definition) is 4. The number of nitrogens with zero attached hydrogens (tertiary/aromatic N) is 1. The van der Waals surface area contributed by atoms with Crippen molar-refractivity contribution in [2.45, 2.75) is 4.90 Å². The lowest BCUT2D eigenvalue weighted by Gasteiger charge is -2.17. The van der Waals surface area contributed by atoms with Crippen molar-refractivity contribution in [2.75, 3.05) is 13.6 Å². The van der Waals surface area contributed by atoms with Gasteiger partial charge >= 0.3 is 0 Å². The molecule has 0 aromatic heterocycles. The van der Waals surface area contributed by atoms with E-state index in [0.29, 0.717) is 5.02 Å². The van der Waals surface area contributed by atoms with Gasteiger partial charge < -0.3 is 0 Å². The molecular weight excluding hydrogens is 470 g/mol. The number of nitrogens with one attached hydrogen (secondary N) is 2. The summed E-state index contributed by atoms with van der Waals surface area (Å²) in [6.07, 6.45) is 2.82. The van der Waals surface area contributed by atoms with Gasteiger partial charge in [0.15, 0.2) is 0 Å². The summed E-state index contributed by atoms with van der Waals surface area (Å²) in [7, 11) is -2.59. The molecule has 2 aromatic carbocycles. The third-order valence-corrected chi connectivity index (χ3v) is 6.05. The number of benzene rings is 2. The van der Waals surface area contributed by atoms with Crippen molar-refractivity contribution >= 4 is 55.4 Å². The second-order valence-corrected chi connectivity index (χ2v) is 9.04. The SMILES string of the molecule is CN(CC(=O)NNC(=O)C=Cc1cccc(Br)c1)S(=O)(=O)c1ccc(Cl)cc1. The van der Waals surface area contributed by atoms with Crippen LogP contribution in [-0.2, 0) is 19.6 Å². The lowest BCUT2D eigenvalue weighted by Crippen LogP contribution is -2.46. The maximum Gasteiger partial charge on any atom is 0.262 e. The molecule has 10 heteroatoms. The first kappa shape index (κ1) is 22.1. The normalized spacial score (nSPS) is 11.6. The van der Waals surface area contributed by atoms with Gasteiger partial charge in [-0.05, 0) is 48.0 Å². The Hall–Kier alpha value is -2.20. The standard InChI is InChI=1S/C18H17BrClN3O4S/c1-23(28(26,27)16-8-6-15(20)7-9-16)12-18(25)22-21-17(24)10-5-13-3-2-4-14(19)11-13/h2-11H,12H2,1H3,(H,21,24)(H,22,25). The zero-order valence-corrected chi connectivity index (χ0v) is 17.9. The van der Waals surface area contributed by atoms with Crippen LogP contribution in [0.15, 0.2) is 64.0 Å². The molecule has 0 fully saturated rings. The van der Waals surface area contributed by atoms with E-state index in [1.54, 1.807) is 6.08 Å². The lowest BCUT2D eigenvalue weighted by molar-refractivity contribution is -0.126. The first-order chi connectivity index (χ1) is 13.2. The van der Waals surface area contributed by atoms with Crippen molar-refractivity contribution in [1.82, 2.24) is 15.2 Å². The Labute approximate surface area is 176 Å². The fourth-order valence-electron chi connectivity index (χ4n) is 2.07. The van der Waals surface area contributed by atoms with Gasteiger partial charge in [-0.3, -0.25) is 20.4 Å². The molecule has 28 heavy (non-hydrogen) atoms. The number of carbonyl (C=O) groups excluding carboxylic acids is 2. The van der Waals surface area contributed by atoms with Gasteiger partial charge in [0.25, 0.3) is 11.8 Å². The third kappa shape index (κ3) is 6.45. The van der Waals surface area contributed by atoms with E-state index in [9.17, 15) is 18.0 Å². The Balaban J connectivity index is 1.87. The highest BCUT2D eigenvalue weighted by atomic mass is 79.9. The lowest BCUT2D eigenvalue weighted by atomic mass is 10.2. The number of amides is 2. The monoisotopic (exact) mass is 485 g/mol. The average Bonchev–Trinajstić information content (AvgIpc) is 2.65. The fraction of sp³-hybridized carbons (Fsp3) is 0.111. The Kier molecular flexibility index (Phi) is 7.76. The van der Waals surface area contributed by atoms with E-state index in [2.05, 4.69) is 26.8 Å². The third-order valence-electron chi connectivity index (χ3n) is 3.49. The van der Waals surface area contributed by atoms with Crippen LogP contribution in [0.3, 0.4) is 0 Å². The Bertz CT molecular complexity index is 994. The predicted octanol–water partition coefficient (Wildman–Crippen LogP) is 2.58. The van der Waals surface area contributed by atoms with Crippen LogP contribution >= 0.6 is 27.5 Å². The number of halogens is 2. The van der Waals surface area contributed by atoms with Gasteiger partial charge in [-0.15, -0.1) is 0 Å². The summed E-state index contributed by atoms with van der Waals surface area (Å²) < 4.78 is 26.5. The molecule has 2 amide bonds. The molecule has 0 radical (unpaired) electrons. The van der Waals surface area contributed by atoms with Gasteiger partial charge in [0.1, 0.15) is 0 Å². The molecule has 2 N–H and O–H groups in total. The minimum absolute atomic E-state index is 0.00758. The van der Waals surface area contributed by atoms with Crippen LogP contribution in [0.4, 0.5) is 0 Å². The molecule has 0 heterocycles. The number of rotatable bonds is 6. The molecule has 0 saturated heterocycles. The van der Waals surface area contributed by atoms with Crippen LogP contribution in [-0.4, -0.2) is 38.1 Å². The first-order valence-electron chi connectivity index (χ1n) is 7.93. The van der Waals surface area contributed by atoms with E-state index in [-0.39, 0.29) is 4.90 Å². The maximum atomic E-state index is 12.4. The fourth-order valence-corrected chi connectivity index (χ4v) is 3.74. The summed E-state index contributed by atoms with van der Waals surface area (Å²) in [4.78, 5) is 23.7. The molecule has 0 bridgehead atoms. The smallest absolute Gasteiger partial charge is 0.262 e. The zero-order chi connectivity index (χ0) is 20.7. The van der Waals surface area contributed by atoms with Crippen molar-refractivity contribution in [3.63, 3.8) is 0 Å². The van der Waals surface area contributed by atoms with Gasteiger partial charge in [-0.1, -0.05) is 39.7 Å². The van der Waals surface area contributed by atoms with E-state index < -0.39 is 28.4 Å². The number of hydrogen-bond donors (Lipinski definition) is 2. The van der Waals surface area contributed by atoms with Gasteiger partial charge in [0.05, 0.1) is 11.4 Å². The number of carbonyl (C=O) groups is 2. The highest BCUT2D eigenvalue weighted by Gasteiger charge is 2.22. The quantitative estimate of drug-likeness (QED) is 0.485. The predicted molar refractivity (Wildman–Crippen MR) is 111 cm³/mol. The van der Waals surface area contributed by atoms with E-state index in [4.69, 9.17) is 11.6 Å². The summed E-state index contributed by atoms with van der Waals surface area (Å²) in [6, 6.07) is 12.9. The zero-order valence-electron chi connectivity index (χ0n) is 14.7. The minimum atomic E-state index is -3.86. The highest BCUT2D eigenvalue weighted by Crippen LogP contribution is 2.17. The Morgan fingerprint density at radius 1 is 1.14 bits per heavy atom. The minimum Gasteiger partial charge on any atom is -0.272 e. The Morgan fingerprint density at radius 3 is 2.46 bits per heavy atom. The van der Waals surface area contributed by atoms with Gasteiger partial charge in [0, 0.05) is 22.6 Å². The largest absolute Gasteiger partial charge is 0.272 e. The first-order valence-corrected chi connectivity index (χ1v) is 10.5. The summed E-state index contributed by atoms with van der Waals surface area (Å²) in [6.45, 7) is -0.472. The summed E-state index contributed by atoms with van der Waals surface area (Å²) in [5.41, 5.74) is 5.16. The molecule has 0 aliphatic carbocycles. The molecule has 0 unspecified atom stereocenters. The van der Waals surface area contributed by atoms with Crippen molar-refractivity contribution in [3.05, 3.63) is 69.7 Å². The van der Waals surface area contributed by atoms with Crippen LogP contribution in [0.25, 0.3) is 6.08 Å². The molecule has 7 nitrogen and oxygen atoms in total. The molecular formula is C18H17BrClN3O4S. The van der Waals surface area contributed by atoms with Crippen LogP contribution < -0.4 is 10.9 Å². The Morgan fingerprint density at radius 2 is 1.82 bits per heavy atom. The molecule has 0 aliphatic heterocycles. The van der Waals surface area contributed by atoms with Crippen LogP contribution in [0.1, 0.15) is 5.56 Å². The number of sulfonamides is 1. The molecule has 2 aromatic rings. The molecule has 0 spiro atoms. The summed E-state index contributed by atoms with van der Waals surface area (Å²) in [5, 5.41) is 0.401. The highest BCUT2D eigenvalue weighted by molar-refractivity contribution is 9.10. The molecule has 0 saturated carbocycles. The topological polar surface area (TPSA) is 95.6 Å². The van der Waals surface area contributed by atoms with Crippen molar-refractivity contribution in [1.29, 1.82) is 0 Å². The van der Waals surface area contributed by atoms with E-state index in [0.717, 1.165) is 14.3 Å². The second-order valence-electron chi connectivity index (χ2n) is 5.64. The van der Waals surface area contributed by atoms with Crippen LogP contribution in [0, 0.1) is 0 Å². The van der Waals surface area contributed by atoms with E-state index >= 15 is 0 Å². The summed E-state index contributed by atoms with van der Waals surface area (Å²) >= 11 is 9.07. The van der Waals surface area contributed by atoms with Crippen molar-refractivity contribution in [2.24, 2.45) is 0 Å².